The van der Waals surface area contributed by atoms with E-state index in [1.807, 2.05) is 0 Å². The van der Waals surface area contributed by atoms with Crippen LogP contribution < -0.4 is 10.3 Å². The lowest BCUT2D eigenvalue weighted by molar-refractivity contribution is -0.0710. The summed E-state index contributed by atoms with van der Waals surface area (Å²) < 4.78 is 44.8. The van der Waals surface area contributed by atoms with E-state index in [4.69, 9.17) is 19.5 Å². The molecule has 0 aliphatic carbocycles. The topological polar surface area (TPSA) is 165 Å². The summed E-state index contributed by atoms with van der Waals surface area (Å²) in [6.07, 6.45) is -2.24. The third kappa shape index (κ3) is 3.50. The highest BCUT2D eigenvalue weighted by molar-refractivity contribution is 7.47. The second kappa shape index (κ2) is 7.81. The number of phosphoric ester groups is 1. The second-order valence-corrected chi connectivity index (χ2v) is 8.68. The minimum atomic E-state index is -4.63. The Morgan fingerprint density at radius 2 is 2.09 bits per heavy atom. The maximum atomic E-state index is 15.8. The lowest BCUT2D eigenvalue weighted by atomic mass is 9.82. The van der Waals surface area contributed by atoms with Crippen LogP contribution in [0.5, 0.6) is 5.75 Å². The first-order valence-corrected chi connectivity index (χ1v) is 10.9. The SMILES string of the molecule is C[C@@]1(F)[C@H](O)[C@@H](COP(=O)(O)Oc2ccccc2)O[C@@]1(C#N)c1ccc2c(N)ncnn12. The number of aliphatic hydroxyl groups is 1. The van der Waals surface area contributed by atoms with E-state index >= 15 is 4.39 Å². The van der Waals surface area contributed by atoms with Crippen LogP contribution in [0.4, 0.5) is 10.2 Å². The number of alkyl halides is 1. The normalized spacial score (nSPS) is 29.5. The molecule has 4 rings (SSSR count). The predicted octanol–water partition coefficient (Wildman–Crippen LogP) is 1.71. The number of ether oxygens (including phenoxy) is 1. The van der Waals surface area contributed by atoms with Gasteiger partial charge in [0.05, 0.1) is 12.3 Å². The number of aliphatic hydroxyl groups excluding tert-OH is 1. The summed E-state index contributed by atoms with van der Waals surface area (Å²) in [6, 6.07) is 12.4. The first kappa shape index (κ1) is 22.1. The van der Waals surface area contributed by atoms with Crippen molar-refractivity contribution in [1.82, 2.24) is 14.6 Å². The molecule has 0 bridgehead atoms. The van der Waals surface area contributed by atoms with Crippen molar-refractivity contribution in [3.63, 3.8) is 0 Å². The fourth-order valence-corrected chi connectivity index (χ4v) is 4.40. The maximum Gasteiger partial charge on any atom is 0.527 e. The van der Waals surface area contributed by atoms with Crippen molar-refractivity contribution in [1.29, 1.82) is 5.26 Å². The Morgan fingerprint density at radius 3 is 2.78 bits per heavy atom. The molecule has 1 fully saturated rings. The summed E-state index contributed by atoms with van der Waals surface area (Å²) in [5, 5.41) is 24.5. The van der Waals surface area contributed by atoms with E-state index in [2.05, 4.69) is 10.1 Å². The molecule has 1 aliphatic heterocycles. The number of nitrogen functional groups attached to an aromatic ring is 1. The molecule has 1 aromatic carbocycles. The molecule has 0 radical (unpaired) electrons. The number of fused-ring (bicyclic) bond motifs is 1. The smallest absolute Gasteiger partial charge is 0.404 e. The summed E-state index contributed by atoms with van der Waals surface area (Å²) >= 11 is 0. The lowest BCUT2D eigenvalue weighted by Crippen LogP contribution is -2.48. The zero-order valence-corrected chi connectivity index (χ0v) is 17.6. The number of hydrogen-bond acceptors (Lipinski definition) is 9. The van der Waals surface area contributed by atoms with Crippen LogP contribution in [-0.2, 0) is 19.4 Å². The van der Waals surface area contributed by atoms with Crippen molar-refractivity contribution >= 4 is 19.2 Å². The highest BCUT2D eigenvalue weighted by atomic mass is 31.2. The van der Waals surface area contributed by atoms with E-state index in [-0.39, 0.29) is 17.3 Å². The zero-order chi connectivity index (χ0) is 23.1. The molecule has 1 saturated heterocycles. The standard InChI is InChI=1S/C19H19FN5O6P/c1-18(20)16(26)14(9-29-32(27,28)31-12-5-3-2-4-6-12)30-19(18,10-21)15-8-7-13-17(22)23-11-24-25(13)15/h2-8,11,14,16,26H,9H2,1H3,(H,27,28)(H2,22,23,24)/t14-,16-,18-,19+/m1/s1. The molecule has 11 nitrogen and oxygen atoms in total. The van der Waals surface area contributed by atoms with E-state index in [1.54, 1.807) is 24.3 Å². The number of halogens is 1. The zero-order valence-electron chi connectivity index (χ0n) is 16.7. The molecule has 1 aliphatic rings. The van der Waals surface area contributed by atoms with Crippen molar-refractivity contribution in [3.8, 4) is 11.8 Å². The minimum absolute atomic E-state index is 0.0385. The Balaban J connectivity index is 1.61. The number of rotatable bonds is 6. The Labute approximate surface area is 181 Å². The van der Waals surface area contributed by atoms with Gasteiger partial charge in [-0.3, -0.25) is 9.42 Å². The van der Waals surface area contributed by atoms with Crippen LogP contribution in [0.1, 0.15) is 12.6 Å². The Kier molecular flexibility index (Phi) is 5.40. The van der Waals surface area contributed by atoms with Crippen LogP contribution in [-0.4, -0.2) is 49.1 Å². The first-order chi connectivity index (χ1) is 15.1. The van der Waals surface area contributed by atoms with Crippen molar-refractivity contribution in [2.24, 2.45) is 0 Å². The molecule has 5 atom stereocenters. The average molecular weight is 463 g/mol. The molecule has 0 amide bonds. The monoisotopic (exact) mass is 463 g/mol. The van der Waals surface area contributed by atoms with Crippen LogP contribution in [0.25, 0.3) is 5.52 Å². The van der Waals surface area contributed by atoms with E-state index in [9.17, 15) is 19.8 Å². The number of nitrogens with two attached hydrogens (primary N) is 1. The van der Waals surface area contributed by atoms with Gasteiger partial charge in [0.15, 0.2) is 11.5 Å². The van der Waals surface area contributed by atoms with Crippen molar-refractivity contribution in [2.75, 3.05) is 12.3 Å². The van der Waals surface area contributed by atoms with Gasteiger partial charge in [-0.15, -0.1) is 0 Å². The van der Waals surface area contributed by atoms with Crippen LogP contribution in [0.2, 0.25) is 0 Å². The highest BCUT2D eigenvalue weighted by Gasteiger charge is 2.67. The van der Waals surface area contributed by atoms with Gasteiger partial charge in [-0.2, -0.15) is 10.4 Å². The molecule has 168 valence electrons. The quantitative estimate of drug-likeness (QED) is 0.458. The number of anilines is 1. The van der Waals surface area contributed by atoms with Gasteiger partial charge in [0, 0.05) is 0 Å². The molecule has 2 aromatic heterocycles. The lowest BCUT2D eigenvalue weighted by Gasteiger charge is -2.30. The largest absolute Gasteiger partial charge is 0.527 e. The number of nitrogens with zero attached hydrogens (tertiary/aromatic N) is 4. The number of nitriles is 1. The molecule has 3 heterocycles. The van der Waals surface area contributed by atoms with Gasteiger partial charge in [0.2, 0.25) is 5.60 Å². The van der Waals surface area contributed by atoms with Gasteiger partial charge in [0.25, 0.3) is 0 Å². The number of para-hydroxylation sites is 1. The minimum Gasteiger partial charge on any atom is -0.404 e. The fraction of sp³-hybridized carbons (Fsp3) is 0.316. The van der Waals surface area contributed by atoms with Gasteiger partial charge in [-0.1, -0.05) is 18.2 Å². The molecular weight excluding hydrogens is 444 g/mol. The predicted molar refractivity (Wildman–Crippen MR) is 108 cm³/mol. The van der Waals surface area contributed by atoms with Crippen LogP contribution in [0.3, 0.4) is 0 Å². The van der Waals surface area contributed by atoms with Gasteiger partial charge >= 0.3 is 7.82 Å². The number of benzene rings is 1. The molecular formula is C19H19FN5O6P. The fourth-order valence-electron chi connectivity index (χ4n) is 3.62. The van der Waals surface area contributed by atoms with Gasteiger partial charge in [-0.05, 0) is 31.2 Å². The molecule has 1 unspecified atom stereocenters. The second-order valence-electron chi connectivity index (χ2n) is 7.30. The molecule has 32 heavy (non-hydrogen) atoms. The summed E-state index contributed by atoms with van der Waals surface area (Å²) in [5.41, 5.74) is 1.10. The Morgan fingerprint density at radius 1 is 1.38 bits per heavy atom. The average Bonchev–Trinajstić information content (AvgIpc) is 3.27. The Bertz CT molecular complexity index is 1230. The van der Waals surface area contributed by atoms with E-state index < -0.39 is 37.9 Å². The van der Waals surface area contributed by atoms with Gasteiger partial charge < -0.3 is 20.1 Å². The van der Waals surface area contributed by atoms with Crippen molar-refractivity contribution in [2.45, 2.75) is 30.4 Å². The summed E-state index contributed by atoms with van der Waals surface area (Å²) in [4.78, 5) is 13.8. The summed E-state index contributed by atoms with van der Waals surface area (Å²) in [5.74, 6) is 0.169. The van der Waals surface area contributed by atoms with E-state index in [0.29, 0.717) is 5.52 Å². The molecule has 3 aromatic rings. The molecule has 0 saturated carbocycles. The summed E-state index contributed by atoms with van der Waals surface area (Å²) in [6.45, 7) is 0.259. The summed E-state index contributed by atoms with van der Waals surface area (Å²) in [7, 11) is -4.63. The van der Waals surface area contributed by atoms with Crippen LogP contribution in [0, 0.1) is 11.3 Å². The number of phosphoric acid groups is 1. The van der Waals surface area contributed by atoms with Gasteiger partial charge in [0.1, 0.15) is 35.9 Å². The van der Waals surface area contributed by atoms with Crippen molar-refractivity contribution < 1.29 is 32.7 Å². The molecule has 13 heteroatoms. The van der Waals surface area contributed by atoms with E-state index in [1.165, 1.54) is 28.8 Å². The highest BCUT2D eigenvalue weighted by Crippen LogP contribution is 2.51. The van der Waals surface area contributed by atoms with E-state index in [0.717, 1.165) is 13.3 Å². The third-order valence-corrected chi connectivity index (χ3v) is 6.21. The molecule has 4 N–H and O–H groups in total. The first-order valence-electron chi connectivity index (χ1n) is 9.38. The van der Waals surface area contributed by atoms with Gasteiger partial charge in [-0.25, -0.2) is 18.5 Å². The molecule has 0 spiro atoms. The third-order valence-electron chi connectivity index (χ3n) is 5.29. The Hall–Kier alpha value is -3.07. The maximum absolute atomic E-state index is 15.8. The number of aromatic nitrogens is 3. The van der Waals surface area contributed by atoms with Crippen LogP contribution >= 0.6 is 7.82 Å². The number of hydrogen-bond donors (Lipinski definition) is 3. The van der Waals surface area contributed by atoms with Crippen molar-refractivity contribution in [3.05, 3.63) is 54.5 Å². The van der Waals surface area contributed by atoms with Crippen LogP contribution in [0.15, 0.2) is 48.8 Å².